The monoisotopic (exact) mass is 237 g/mol. The first-order chi connectivity index (χ1) is 8.13. The van der Waals surface area contributed by atoms with E-state index in [4.69, 9.17) is 9.84 Å². The van der Waals surface area contributed by atoms with Crippen molar-refractivity contribution in [1.82, 2.24) is 4.57 Å². The molecule has 0 spiro atoms. The van der Waals surface area contributed by atoms with E-state index in [2.05, 4.69) is 0 Å². The van der Waals surface area contributed by atoms with Gasteiger partial charge in [0.25, 0.3) is 0 Å². The SMILES string of the molecule is CCCOC(=O)Cn1cccc1/C=C/C(=O)O. The first-order valence-corrected chi connectivity index (χ1v) is 5.35. The molecule has 1 aromatic heterocycles. The van der Waals surface area contributed by atoms with Gasteiger partial charge in [-0.2, -0.15) is 0 Å². The van der Waals surface area contributed by atoms with Crippen LogP contribution in [0.5, 0.6) is 0 Å². The van der Waals surface area contributed by atoms with Crippen molar-refractivity contribution in [2.75, 3.05) is 6.61 Å². The highest BCUT2D eigenvalue weighted by molar-refractivity contribution is 5.85. The number of rotatable bonds is 6. The topological polar surface area (TPSA) is 68.5 Å². The molecule has 0 saturated carbocycles. The van der Waals surface area contributed by atoms with Crippen LogP contribution in [0.3, 0.4) is 0 Å². The summed E-state index contributed by atoms with van der Waals surface area (Å²) in [6, 6.07) is 3.47. The minimum absolute atomic E-state index is 0.0896. The van der Waals surface area contributed by atoms with Crippen molar-refractivity contribution in [3.63, 3.8) is 0 Å². The molecular formula is C12H15NO4. The lowest BCUT2D eigenvalue weighted by Crippen LogP contribution is -2.14. The first kappa shape index (κ1) is 13.0. The molecule has 1 N–H and O–H groups in total. The molecule has 17 heavy (non-hydrogen) atoms. The maximum absolute atomic E-state index is 11.4. The number of esters is 1. The summed E-state index contributed by atoms with van der Waals surface area (Å²) in [4.78, 5) is 21.8. The standard InChI is InChI=1S/C12H15NO4/c1-2-8-17-12(16)9-13-7-3-4-10(13)5-6-11(14)15/h3-7H,2,8-9H2,1H3,(H,14,15)/b6-5+. The van der Waals surface area contributed by atoms with Gasteiger partial charge in [-0.05, 0) is 24.6 Å². The number of carbonyl (C=O) groups is 2. The molecule has 0 unspecified atom stereocenters. The molecule has 0 atom stereocenters. The molecule has 1 aromatic rings. The third-order valence-electron chi connectivity index (χ3n) is 2.03. The summed E-state index contributed by atoms with van der Waals surface area (Å²) in [6.45, 7) is 2.41. The normalized spacial score (nSPS) is 10.6. The average molecular weight is 237 g/mol. The van der Waals surface area contributed by atoms with Crippen LogP contribution in [-0.2, 0) is 20.9 Å². The van der Waals surface area contributed by atoms with E-state index in [0.717, 1.165) is 12.5 Å². The van der Waals surface area contributed by atoms with Gasteiger partial charge in [0, 0.05) is 18.0 Å². The number of carboxylic acids is 1. The Morgan fingerprint density at radius 3 is 2.94 bits per heavy atom. The van der Waals surface area contributed by atoms with Gasteiger partial charge >= 0.3 is 11.9 Å². The Balaban J connectivity index is 2.62. The molecule has 0 aliphatic carbocycles. The summed E-state index contributed by atoms with van der Waals surface area (Å²) in [5.41, 5.74) is 0.654. The number of carbonyl (C=O) groups excluding carboxylic acids is 1. The highest BCUT2D eigenvalue weighted by Gasteiger charge is 2.05. The van der Waals surface area contributed by atoms with Gasteiger partial charge in [0.2, 0.25) is 0 Å². The molecule has 5 heteroatoms. The van der Waals surface area contributed by atoms with E-state index < -0.39 is 5.97 Å². The molecular weight excluding hydrogens is 222 g/mol. The van der Waals surface area contributed by atoms with E-state index in [-0.39, 0.29) is 12.5 Å². The van der Waals surface area contributed by atoms with E-state index in [1.165, 1.54) is 6.08 Å². The fourth-order valence-corrected chi connectivity index (χ4v) is 1.28. The Morgan fingerprint density at radius 1 is 1.53 bits per heavy atom. The Hall–Kier alpha value is -2.04. The Labute approximate surface area is 99.3 Å². The van der Waals surface area contributed by atoms with Gasteiger partial charge in [-0.25, -0.2) is 4.79 Å². The quantitative estimate of drug-likeness (QED) is 0.602. The Bertz CT molecular complexity index is 420. The van der Waals surface area contributed by atoms with Crippen molar-refractivity contribution in [1.29, 1.82) is 0 Å². The van der Waals surface area contributed by atoms with Gasteiger partial charge in [0.1, 0.15) is 6.54 Å². The minimum Gasteiger partial charge on any atom is -0.478 e. The van der Waals surface area contributed by atoms with Gasteiger partial charge in [-0.1, -0.05) is 6.92 Å². The maximum atomic E-state index is 11.4. The number of hydrogen-bond donors (Lipinski definition) is 1. The highest BCUT2D eigenvalue weighted by atomic mass is 16.5. The van der Waals surface area contributed by atoms with Crippen LogP contribution in [0.2, 0.25) is 0 Å². The van der Waals surface area contributed by atoms with E-state index in [0.29, 0.717) is 12.3 Å². The van der Waals surface area contributed by atoms with Crippen LogP contribution in [0.1, 0.15) is 19.0 Å². The van der Waals surface area contributed by atoms with Gasteiger partial charge in [0.05, 0.1) is 6.61 Å². The zero-order valence-corrected chi connectivity index (χ0v) is 9.63. The Kier molecular flexibility index (Phi) is 5.00. The summed E-state index contributed by atoms with van der Waals surface area (Å²) >= 11 is 0. The first-order valence-electron chi connectivity index (χ1n) is 5.35. The van der Waals surface area contributed by atoms with Crippen LogP contribution in [0.4, 0.5) is 0 Å². The second kappa shape index (κ2) is 6.52. The van der Waals surface area contributed by atoms with Gasteiger partial charge in [-0.15, -0.1) is 0 Å². The van der Waals surface area contributed by atoms with Crippen LogP contribution in [0.25, 0.3) is 6.08 Å². The lowest BCUT2D eigenvalue weighted by molar-refractivity contribution is -0.144. The predicted octanol–water partition coefficient (Wildman–Crippen LogP) is 1.54. The fraction of sp³-hybridized carbons (Fsp3) is 0.333. The predicted molar refractivity (Wildman–Crippen MR) is 62.4 cm³/mol. The fourth-order valence-electron chi connectivity index (χ4n) is 1.28. The van der Waals surface area contributed by atoms with Crippen molar-refractivity contribution in [2.45, 2.75) is 19.9 Å². The van der Waals surface area contributed by atoms with E-state index in [1.807, 2.05) is 6.92 Å². The highest BCUT2D eigenvalue weighted by Crippen LogP contribution is 2.05. The van der Waals surface area contributed by atoms with Crippen LogP contribution in [-0.4, -0.2) is 28.2 Å². The molecule has 0 amide bonds. The van der Waals surface area contributed by atoms with Crippen LogP contribution in [0.15, 0.2) is 24.4 Å². The molecule has 0 saturated heterocycles. The lowest BCUT2D eigenvalue weighted by atomic mass is 10.3. The maximum Gasteiger partial charge on any atom is 0.328 e. The molecule has 0 aliphatic rings. The van der Waals surface area contributed by atoms with Crippen LogP contribution >= 0.6 is 0 Å². The third kappa shape index (κ3) is 4.55. The lowest BCUT2D eigenvalue weighted by Gasteiger charge is -2.06. The molecule has 1 rings (SSSR count). The molecule has 0 radical (unpaired) electrons. The van der Waals surface area contributed by atoms with Crippen LogP contribution < -0.4 is 0 Å². The molecule has 5 nitrogen and oxygen atoms in total. The molecule has 0 bridgehead atoms. The summed E-state index contributed by atoms with van der Waals surface area (Å²) < 4.78 is 6.58. The molecule has 92 valence electrons. The summed E-state index contributed by atoms with van der Waals surface area (Å²) in [6.07, 6.45) is 4.95. The van der Waals surface area contributed by atoms with Gasteiger partial charge in [0.15, 0.2) is 0 Å². The van der Waals surface area contributed by atoms with Crippen LogP contribution in [0, 0.1) is 0 Å². The Morgan fingerprint density at radius 2 is 2.29 bits per heavy atom. The summed E-state index contributed by atoms with van der Waals surface area (Å²) in [5.74, 6) is -1.35. The largest absolute Gasteiger partial charge is 0.478 e. The number of carboxylic acid groups (broad SMARTS) is 1. The molecule has 0 fully saturated rings. The summed E-state index contributed by atoms with van der Waals surface area (Å²) in [7, 11) is 0. The second-order valence-electron chi connectivity index (χ2n) is 3.45. The van der Waals surface area contributed by atoms with Gasteiger partial charge in [-0.3, -0.25) is 4.79 Å². The zero-order chi connectivity index (χ0) is 12.7. The zero-order valence-electron chi connectivity index (χ0n) is 9.63. The van der Waals surface area contributed by atoms with Crippen molar-refractivity contribution >= 4 is 18.0 Å². The number of aliphatic carboxylic acids is 1. The third-order valence-corrected chi connectivity index (χ3v) is 2.03. The summed E-state index contributed by atoms with van der Waals surface area (Å²) in [5, 5.41) is 8.51. The smallest absolute Gasteiger partial charge is 0.328 e. The van der Waals surface area contributed by atoms with Crippen molar-refractivity contribution in [2.24, 2.45) is 0 Å². The average Bonchev–Trinajstić information content (AvgIpc) is 2.71. The number of hydrogen-bond acceptors (Lipinski definition) is 3. The van der Waals surface area contributed by atoms with Crippen molar-refractivity contribution < 1.29 is 19.4 Å². The molecule has 0 aromatic carbocycles. The number of ether oxygens (including phenoxy) is 1. The van der Waals surface area contributed by atoms with Crippen molar-refractivity contribution in [3.8, 4) is 0 Å². The number of nitrogens with zero attached hydrogens (tertiary/aromatic N) is 1. The van der Waals surface area contributed by atoms with E-state index in [9.17, 15) is 9.59 Å². The van der Waals surface area contributed by atoms with Crippen molar-refractivity contribution in [3.05, 3.63) is 30.1 Å². The second-order valence-corrected chi connectivity index (χ2v) is 3.45. The van der Waals surface area contributed by atoms with Gasteiger partial charge < -0.3 is 14.4 Å². The van der Waals surface area contributed by atoms with E-state index >= 15 is 0 Å². The molecule has 0 aliphatic heterocycles. The minimum atomic E-state index is -1.02. The molecule has 1 heterocycles. The van der Waals surface area contributed by atoms with E-state index in [1.54, 1.807) is 22.9 Å². The number of aromatic nitrogens is 1.